The summed E-state index contributed by atoms with van der Waals surface area (Å²) in [5.74, 6) is 1.16. The van der Waals surface area contributed by atoms with Gasteiger partial charge in [0.1, 0.15) is 0 Å². The minimum atomic E-state index is 0.282. The molecule has 0 bridgehead atoms. The Morgan fingerprint density at radius 3 is 0.862 bits per heavy atom. The molecule has 7 nitrogen and oxygen atoms in total. The molecular weight excluding hydrogens is 1510 g/mol. The highest BCUT2D eigenvalue weighted by molar-refractivity contribution is 5.81. The zero-order valence-corrected chi connectivity index (χ0v) is 76.6. The van der Waals surface area contributed by atoms with E-state index >= 15 is 0 Å². The van der Waals surface area contributed by atoms with Crippen molar-refractivity contribution in [1.82, 2.24) is 0 Å². The van der Waals surface area contributed by atoms with Crippen LogP contribution in [0.5, 0.6) is 0 Å². The monoisotopic (exact) mass is 1640 g/mol. The lowest BCUT2D eigenvalue weighted by Crippen LogP contribution is -2.24. The van der Waals surface area contributed by atoms with Crippen LogP contribution in [-0.4, -0.2) is 54.9 Å². The smallest absolute Gasteiger partial charge is 0.0723 e. The molecule has 0 aromatic heterocycles. The van der Waals surface area contributed by atoms with Gasteiger partial charge in [0.05, 0.1) is 88.0 Å². The first-order chi connectivity index (χ1) is 59.7. The summed E-state index contributed by atoms with van der Waals surface area (Å²) in [6.07, 6.45) is 16.0. The van der Waals surface area contributed by atoms with E-state index in [0.29, 0.717) is 61.2 Å². The molecule has 0 spiro atoms. The van der Waals surface area contributed by atoms with Crippen LogP contribution in [0.4, 0.5) is 0 Å². The van der Waals surface area contributed by atoms with Crippen molar-refractivity contribution in [3.8, 4) is 55.6 Å². The molecule has 12 aromatic carbocycles. The summed E-state index contributed by atoms with van der Waals surface area (Å²) in [6, 6.07) is 94.0. The van der Waals surface area contributed by atoms with Gasteiger partial charge in [0.2, 0.25) is 0 Å². The zero-order chi connectivity index (χ0) is 86.5. The summed E-state index contributed by atoms with van der Waals surface area (Å²) >= 11 is 0. The second kappa shape index (κ2) is 44.3. The van der Waals surface area contributed by atoms with Crippen molar-refractivity contribution in [3.05, 3.63) is 367 Å². The van der Waals surface area contributed by atoms with E-state index in [0.717, 1.165) is 103 Å². The van der Waals surface area contributed by atoms with E-state index in [2.05, 4.69) is 372 Å². The van der Waals surface area contributed by atoms with E-state index in [1.165, 1.54) is 161 Å². The third kappa shape index (κ3) is 24.1. The predicted molar refractivity (Wildman–Crippen MR) is 513 cm³/mol. The minimum absolute atomic E-state index is 0.282. The normalized spacial score (nSPS) is 14.6. The van der Waals surface area contributed by atoms with Gasteiger partial charge in [0.25, 0.3) is 0 Å². The van der Waals surface area contributed by atoms with E-state index in [1.807, 2.05) is 0 Å². The van der Waals surface area contributed by atoms with E-state index in [-0.39, 0.29) is 12.2 Å². The van der Waals surface area contributed by atoms with Gasteiger partial charge in [0, 0.05) is 0 Å². The van der Waals surface area contributed by atoms with Gasteiger partial charge in [-0.1, -0.05) is 309 Å². The molecule has 642 valence electrons. The summed E-state index contributed by atoms with van der Waals surface area (Å²) in [5, 5.41) is 0. The van der Waals surface area contributed by atoms with Gasteiger partial charge in [-0.15, -0.1) is 0 Å². The molecule has 0 saturated carbocycles. The molecule has 5 unspecified atom stereocenters. The second-order valence-electron chi connectivity index (χ2n) is 36.1. The fraction of sp³-hybridized carbons (Fsp3) is 0.379. The number of benzene rings is 12. The fourth-order valence-electron chi connectivity index (χ4n) is 17.4. The lowest BCUT2D eigenvalue weighted by atomic mass is 10.0. The van der Waals surface area contributed by atoms with E-state index < -0.39 is 0 Å². The molecule has 7 aliphatic carbocycles. The molecular formula is C116H136O7. The molecule has 0 amide bonds. The molecule has 123 heavy (non-hydrogen) atoms. The Balaban J connectivity index is 0.000000124. The van der Waals surface area contributed by atoms with Gasteiger partial charge >= 0.3 is 0 Å². The summed E-state index contributed by atoms with van der Waals surface area (Å²) < 4.78 is 41.1. The second-order valence-corrected chi connectivity index (χ2v) is 36.1. The molecule has 5 atom stereocenters. The average Bonchev–Trinajstić information content (AvgIpc) is 1.95. The summed E-state index contributed by atoms with van der Waals surface area (Å²) in [6.45, 7) is 38.0. The third-order valence-electron chi connectivity index (χ3n) is 25.7. The van der Waals surface area contributed by atoms with Crippen molar-refractivity contribution in [3.63, 3.8) is 0 Å². The van der Waals surface area contributed by atoms with E-state index in [4.69, 9.17) is 33.2 Å². The Hall–Kier alpha value is -9.64. The van der Waals surface area contributed by atoms with Gasteiger partial charge in [-0.2, -0.15) is 0 Å². The van der Waals surface area contributed by atoms with Crippen LogP contribution < -0.4 is 0 Å². The van der Waals surface area contributed by atoms with Crippen LogP contribution >= 0.6 is 0 Å². The predicted octanol–water partition coefficient (Wildman–Crippen LogP) is 28.5. The first-order valence-electron chi connectivity index (χ1n) is 46.2. The van der Waals surface area contributed by atoms with Gasteiger partial charge in [-0.25, -0.2) is 0 Å². The first kappa shape index (κ1) is 91.1. The molecule has 0 heterocycles. The maximum absolute atomic E-state index is 6.06. The Bertz CT molecular complexity index is 5360. The van der Waals surface area contributed by atoms with Crippen molar-refractivity contribution in [2.45, 2.75) is 276 Å². The molecule has 12 aromatic rings. The maximum atomic E-state index is 6.06. The Morgan fingerprint density at radius 2 is 0.512 bits per heavy atom. The number of fused-ring (bicyclic) bond motifs is 17. The number of hydrogen-bond donors (Lipinski definition) is 0. The van der Waals surface area contributed by atoms with Crippen LogP contribution in [-0.2, 0) is 124 Å². The number of ether oxygens (including phenoxy) is 7. The molecule has 7 aliphatic rings. The lowest BCUT2D eigenvalue weighted by molar-refractivity contribution is -0.0194. The highest BCUT2D eigenvalue weighted by Gasteiger charge is 2.28. The third-order valence-corrected chi connectivity index (χ3v) is 25.7. The van der Waals surface area contributed by atoms with Crippen LogP contribution in [0, 0.1) is 11.8 Å². The largest absolute Gasteiger partial charge is 0.375 e. The number of rotatable bonds is 24. The average molecular weight is 1640 g/mol. The van der Waals surface area contributed by atoms with Gasteiger partial charge in [-0.05, 0) is 313 Å². The highest BCUT2D eigenvalue weighted by atomic mass is 16.5. The Kier molecular flexibility index (Phi) is 32.8. The fourth-order valence-corrected chi connectivity index (χ4v) is 17.4. The minimum Gasteiger partial charge on any atom is -0.375 e. The topological polar surface area (TPSA) is 64.6 Å². The van der Waals surface area contributed by atoms with Crippen LogP contribution in [0.2, 0.25) is 0 Å². The zero-order valence-electron chi connectivity index (χ0n) is 76.6. The number of hydrogen-bond acceptors (Lipinski definition) is 7. The standard InChI is InChI=1S/C19H22O.2C18H20O.2C17H18O.C14H20O.C13H18O/c1-13(2)14(3)20-12-16-8-6-10-18-17-9-5-4-7-15(17)11-19(16)18;1-3-13(2)19-12-15-8-6-10-17-16-9-5-4-7-14(16)11-18(15)17;1-3-13(2)19-12-14-8-9-18-16(10-14)11-15-6-4-5-7-17(15)18;1-12(2)18-11-14-7-5-9-16-15-8-4-3-6-13(15)10-17(14)16;1-12(2)18-11-13-7-8-17-15(9-13)10-14-5-3-4-6-16(14)17;1-10(2)11(3)15-14-8-12-6-4-5-7-13(12)9-14;1-3-10(2)14-13-8-11-6-4-5-7-12(11)9-13/h4-10,13-14H,11-12H2,1-3H3;2*4-10,13H,3,11-12H2,1-2H3;2*3-9,12H,10-11H2,1-2H3;4-7,10-11,14H,8-9H2,1-3H3;4-7,10,13H,3,8-9H2,1-2H3. The van der Waals surface area contributed by atoms with E-state index in [9.17, 15) is 0 Å². The van der Waals surface area contributed by atoms with Crippen LogP contribution in [0.3, 0.4) is 0 Å². The summed E-state index contributed by atoms with van der Waals surface area (Å²) in [7, 11) is 0. The molecule has 0 N–H and O–H groups in total. The molecule has 7 heteroatoms. The molecule has 0 saturated heterocycles. The highest BCUT2D eigenvalue weighted by Crippen LogP contribution is 2.43. The van der Waals surface area contributed by atoms with Gasteiger partial charge in [-0.3, -0.25) is 0 Å². The molecule has 0 fully saturated rings. The van der Waals surface area contributed by atoms with Crippen molar-refractivity contribution in [1.29, 1.82) is 0 Å². The maximum Gasteiger partial charge on any atom is 0.0723 e. The van der Waals surface area contributed by atoms with E-state index in [1.54, 1.807) is 0 Å². The molecule has 0 radical (unpaired) electrons. The Labute approximate surface area is 738 Å². The van der Waals surface area contributed by atoms with Gasteiger partial charge < -0.3 is 33.2 Å². The molecule has 0 aliphatic heterocycles. The van der Waals surface area contributed by atoms with Crippen molar-refractivity contribution < 1.29 is 33.2 Å². The Morgan fingerprint density at radius 1 is 0.236 bits per heavy atom. The first-order valence-corrected chi connectivity index (χ1v) is 46.2. The summed E-state index contributed by atoms with van der Waals surface area (Å²) in [5.41, 5.74) is 40.8. The lowest BCUT2D eigenvalue weighted by Gasteiger charge is -2.21. The van der Waals surface area contributed by atoms with Gasteiger partial charge in [0.15, 0.2) is 0 Å². The van der Waals surface area contributed by atoms with Crippen molar-refractivity contribution >= 4 is 0 Å². The SMILES string of the molecule is CC(C)C(C)OC1Cc2ccccc2C1.CC(C)C(C)OCc1cccc2c1Cc1ccccc1-2.CC(C)OCc1ccc2c(c1)Cc1ccccc1-2.CC(C)OCc1cccc2c1Cc1ccccc1-2.CCC(C)OC1Cc2ccccc2C1.CCC(C)OCc1ccc2c(c1)Cc1ccccc1-2.CCC(C)OCc1cccc2c1Cc1ccccc1-2. The van der Waals surface area contributed by atoms with Crippen LogP contribution in [0.25, 0.3) is 55.6 Å². The van der Waals surface area contributed by atoms with Crippen LogP contribution in [0.15, 0.2) is 261 Å². The summed E-state index contributed by atoms with van der Waals surface area (Å²) in [4.78, 5) is 0. The van der Waals surface area contributed by atoms with Crippen molar-refractivity contribution in [2.24, 2.45) is 11.8 Å². The quantitative estimate of drug-likeness (QED) is 0.0597. The van der Waals surface area contributed by atoms with Crippen LogP contribution in [0.1, 0.15) is 236 Å². The van der Waals surface area contributed by atoms with Crippen molar-refractivity contribution in [2.75, 3.05) is 0 Å². The molecule has 19 rings (SSSR count).